The lowest BCUT2D eigenvalue weighted by Gasteiger charge is -2.05. The van der Waals surface area contributed by atoms with Gasteiger partial charge in [-0.15, -0.1) is 0 Å². The number of carbonyl (C=O) groups excluding carboxylic acids is 1. The van der Waals surface area contributed by atoms with Gasteiger partial charge in [-0.05, 0) is 40.8 Å². The summed E-state index contributed by atoms with van der Waals surface area (Å²) < 4.78 is 0.849. The van der Waals surface area contributed by atoms with Crippen molar-refractivity contribution in [3.63, 3.8) is 0 Å². The van der Waals surface area contributed by atoms with Crippen molar-refractivity contribution in [3.8, 4) is 6.07 Å². The number of anilines is 1. The first kappa shape index (κ1) is 11.3. The van der Waals surface area contributed by atoms with Crippen LogP contribution in [0.25, 0.3) is 0 Å². The van der Waals surface area contributed by atoms with Crippen LogP contribution >= 0.6 is 34.2 Å². The van der Waals surface area contributed by atoms with Crippen molar-refractivity contribution in [2.45, 2.75) is 6.42 Å². The summed E-state index contributed by atoms with van der Waals surface area (Å²) in [6.45, 7) is 0. The van der Waals surface area contributed by atoms with E-state index in [-0.39, 0.29) is 12.3 Å². The van der Waals surface area contributed by atoms with Crippen LogP contribution in [0.15, 0.2) is 18.2 Å². The van der Waals surface area contributed by atoms with Crippen molar-refractivity contribution in [2.75, 3.05) is 5.32 Å². The number of rotatable bonds is 2. The number of benzene rings is 1. The molecular formula is C9H6ClIN2O. The highest BCUT2D eigenvalue weighted by atomic mass is 127. The average molecular weight is 321 g/mol. The van der Waals surface area contributed by atoms with Crippen molar-refractivity contribution >= 4 is 45.8 Å². The van der Waals surface area contributed by atoms with Crippen molar-refractivity contribution < 1.29 is 4.79 Å². The Hall–Kier alpha value is -0.800. The summed E-state index contributed by atoms with van der Waals surface area (Å²) in [7, 11) is 0. The molecule has 0 radical (unpaired) electrons. The second-order valence-electron chi connectivity index (χ2n) is 2.51. The maximum absolute atomic E-state index is 11.1. The lowest BCUT2D eigenvalue weighted by atomic mass is 10.3. The average Bonchev–Trinajstić information content (AvgIpc) is 2.10. The summed E-state index contributed by atoms with van der Waals surface area (Å²) in [6, 6.07) is 6.91. The van der Waals surface area contributed by atoms with Crippen LogP contribution in [0.5, 0.6) is 0 Å². The van der Waals surface area contributed by atoms with Gasteiger partial charge < -0.3 is 5.32 Å². The highest BCUT2D eigenvalue weighted by Crippen LogP contribution is 2.22. The molecule has 0 aromatic heterocycles. The van der Waals surface area contributed by atoms with E-state index < -0.39 is 0 Å². The third kappa shape index (κ3) is 3.16. The maximum Gasteiger partial charge on any atom is 0.238 e. The van der Waals surface area contributed by atoms with Gasteiger partial charge in [0.05, 0.1) is 11.8 Å². The van der Waals surface area contributed by atoms with Gasteiger partial charge in [0.25, 0.3) is 0 Å². The number of hydrogen-bond acceptors (Lipinski definition) is 2. The summed E-state index contributed by atoms with van der Waals surface area (Å²) in [4.78, 5) is 11.1. The highest BCUT2D eigenvalue weighted by molar-refractivity contribution is 14.1. The summed E-state index contributed by atoms with van der Waals surface area (Å²) in [5, 5.41) is 11.5. The first-order valence-corrected chi connectivity index (χ1v) is 5.21. The van der Waals surface area contributed by atoms with Crippen LogP contribution in [0, 0.1) is 14.9 Å². The zero-order chi connectivity index (χ0) is 10.6. The first-order chi connectivity index (χ1) is 6.63. The molecule has 0 saturated carbocycles. The zero-order valence-corrected chi connectivity index (χ0v) is 9.96. The summed E-state index contributed by atoms with van der Waals surface area (Å²) in [5.74, 6) is -0.312. The largest absolute Gasteiger partial charge is 0.324 e. The lowest BCUT2D eigenvalue weighted by molar-refractivity contribution is -0.115. The number of halogens is 2. The minimum Gasteiger partial charge on any atom is -0.324 e. The number of carbonyl (C=O) groups is 1. The Kier molecular flexibility index (Phi) is 4.17. The second kappa shape index (κ2) is 5.17. The molecule has 0 atom stereocenters. The smallest absolute Gasteiger partial charge is 0.238 e. The van der Waals surface area contributed by atoms with E-state index in [9.17, 15) is 4.79 Å². The Balaban J connectivity index is 2.78. The standard InChI is InChI=1S/C9H6ClIN2O/c10-6-1-2-8(7(11)5-6)13-9(14)3-4-12/h1-2,5H,3H2,(H,13,14). The van der Waals surface area contributed by atoms with Crippen LogP contribution in [-0.2, 0) is 4.79 Å². The molecule has 5 heteroatoms. The van der Waals surface area contributed by atoms with Crippen LogP contribution in [0.1, 0.15) is 6.42 Å². The van der Waals surface area contributed by atoms with Crippen molar-refractivity contribution in [1.82, 2.24) is 0 Å². The molecule has 1 aromatic carbocycles. The van der Waals surface area contributed by atoms with Gasteiger partial charge in [-0.25, -0.2) is 0 Å². The fourth-order valence-corrected chi connectivity index (χ4v) is 1.86. The summed E-state index contributed by atoms with van der Waals surface area (Å²) in [5.41, 5.74) is 0.676. The normalized spacial score (nSPS) is 9.21. The predicted molar refractivity (Wildman–Crippen MR) is 63.0 cm³/mol. The van der Waals surface area contributed by atoms with Gasteiger partial charge >= 0.3 is 0 Å². The molecule has 0 aliphatic rings. The molecule has 0 aliphatic heterocycles. The van der Waals surface area contributed by atoms with Crippen molar-refractivity contribution in [1.29, 1.82) is 5.26 Å². The first-order valence-electron chi connectivity index (χ1n) is 3.75. The minimum atomic E-state index is -0.312. The Morgan fingerprint density at radius 1 is 1.64 bits per heavy atom. The van der Waals surface area contributed by atoms with Gasteiger partial charge in [0.15, 0.2) is 0 Å². The molecule has 0 heterocycles. The molecule has 3 nitrogen and oxygen atoms in total. The van der Waals surface area contributed by atoms with E-state index >= 15 is 0 Å². The van der Waals surface area contributed by atoms with Gasteiger partial charge in [0, 0.05) is 8.59 Å². The van der Waals surface area contributed by atoms with Crippen LogP contribution in [0.2, 0.25) is 5.02 Å². The van der Waals surface area contributed by atoms with E-state index in [1.54, 1.807) is 24.3 Å². The highest BCUT2D eigenvalue weighted by Gasteiger charge is 2.04. The Morgan fingerprint density at radius 2 is 2.36 bits per heavy atom. The molecule has 0 spiro atoms. The zero-order valence-electron chi connectivity index (χ0n) is 7.05. The molecule has 1 aromatic rings. The van der Waals surface area contributed by atoms with E-state index in [1.165, 1.54) is 0 Å². The quantitative estimate of drug-likeness (QED) is 0.852. The van der Waals surface area contributed by atoms with Gasteiger partial charge in [-0.2, -0.15) is 5.26 Å². The molecule has 72 valence electrons. The van der Waals surface area contributed by atoms with E-state index in [1.807, 2.05) is 0 Å². The molecule has 0 bridgehead atoms. The predicted octanol–water partition coefficient (Wildman–Crippen LogP) is 2.80. The van der Waals surface area contributed by atoms with E-state index in [2.05, 4.69) is 27.9 Å². The van der Waals surface area contributed by atoms with Crippen LogP contribution in [-0.4, -0.2) is 5.91 Å². The van der Waals surface area contributed by atoms with Gasteiger partial charge in [0.1, 0.15) is 6.42 Å². The van der Waals surface area contributed by atoms with E-state index in [4.69, 9.17) is 16.9 Å². The minimum absolute atomic E-state index is 0.140. The maximum atomic E-state index is 11.1. The Bertz CT molecular complexity index is 400. The van der Waals surface area contributed by atoms with Gasteiger partial charge in [-0.1, -0.05) is 11.6 Å². The second-order valence-corrected chi connectivity index (χ2v) is 4.11. The fraction of sp³-hybridized carbons (Fsp3) is 0.111. The summed E-state index contributed by atoms with van der Waals surface area (Å²) in [6.07, 6.45) is -0.140. The van der Waals surface area contributed by atoms with Gasteiger partial charge in [0.2, 0.25) is 5.91 Å². The molecule has 1 rings (SSSR count). The number of amides is 1. The third-order valence-corrected chi connectivity index (χ3v) is 2.57. The fourth-order valence-electron chi connectivity index (χ4n) is 0.857. The number of hydrogen-bond donors (Lipinski definition) is 1. The third-order valence-electron chi connectivity index (χ3n) is 1.44. The molecule has 1 amide bonds. The molecule has 0 fully saturated rings. The molecule has 1 N–H and O–H groups in total. The monoisotopic (exact) mass is 320 g/mol. The number of nitrogens with zero attached hydrogens (tertiary/aromatic N) is 1. The van der Waals surface area contributed by atoms with Crippen LogP contribution in [0.3, 0.4) is 0 Å². The Morgan fingerprint density at radius 3 is 2.93 bits per heavy atom. The lowest BCUT2D eigenvalue weighted by Crippen LogP contribution is -2.10. The molecule has 0 unspecified atom stereocenters. The molecule has 0 saturated heterocycles. The SMILES string of the molecule is N#CCC(=O)Nc1ccc(Cl)cc1I. The molecule has 14 heavy (non-hydrogen) atoms. The van der Waals surface area contributed by atoms with Crippen LogP contribution in [0.4, 0.5) is 5.69 Å². The molecular weight excluding hydrogens is 314 g/mol. The van der Waals surface area contributed by atoms with Crippen molar-refractivity contribution in [3.05, 3.63) is 26.8 Å². The summed E-state index contributed by atoms with van der Waals surface area (Å²) >= 11 is 7.81. The van der Waals surface area contributed by atoms with Gasteiger partial charge in [-0.3, -0.25) is 4.79 Å². The van der Waals surface area contributed by atoms with E-state index in [0.29, 0.717) is 10.7 Å². The van der Waals surface area contributed by atoms with Crippen molar-refractivity contribution in [2.24, 2.45) is 0 Å². The van der Waals surface area contributed by atoms with E-state index in [0.717, 1.165) is 3.57 Å². The van der Waals surface area contributed by atoms with Crippen LogP contribution < -0.4 is 5.32 Å². The number of nitrogens with one attached hydrogen (secondary N) is 1. The molecule has 0 aliphatic carbocycles. The number of nitriles is 1. The topological polar surface area (TPSA) is 52.9 Å². The Labute approximate surface area is 100 Å².